The number of nitrogens with zero attached hydrogens (tertiary/aromatic N) is 1. The van der Waals surface area contributed by atoms with Crippen molar-refractivity contribution in [3.63, 3.8) is 0 Å². The number of carbonyl (C=O) groups is 1. The van der Waals surface area contributed by atoms with Crippen LogP contribution in [0.15, 0.2) is 47.1 Å². The summed E-state index contributed by atoms with van der Waals surface area (Å²) in [7, 11) is -3.57. The fraction of sp³-hybridized carbons (Fsp3) is 0.200. The number of sulfone groups is 1. The normalized spacial score (nSPS) is 10.9. The van der Waals surface area contributed by atoms with Crippen molar-refractivity contribution in [2.24, 2.45) is 0 Å². The highest BCUT2D eigenvalue weighted by atomic mass is 32.2. The van der Waals surface area contributed by atoms with Crippen LogP contribution in [0.25, 0.3) is 0 Å². The van der Waals surface area contributed by atoms with Gasteiger partial charge in [0.15, 0.2) is 9.84 Å². The Morgan fingerprint density at radius 3 is 2.55 bits per heavy atom. The summed E-state index contributed by atoms with van der Waals surface area (Å²) < 4.78 is 29.0. The predicted octanol–water partition coefficient (Wildman–Crippen LogP) is 1.38. The summed E-state index contributed by atoms with van der Waals surface area (Å²) in [6, 6.07) is 11.5. The molecule has 0 fully saturated rings. The molecule has 2 aromatic rings. The van der Waals surface area contributed by atoms with Crippen LogP contribution in [-0.2, 0) is 26.9 Å². The van der Waals surface area contributed by atoms with Crippen LogP contribution in [0.2, 0.25) is 0 Å². The number of hydrogen-bond donors (Lipinski definition) is 1. The molecular formula is C15H14N2O4S. The first-order valence-corrected chi connectivity index (χ1v) is 8.29. The number of hydrogen-bond acceptors (Lipinski definition) is 5. The average Bonchev–Trinajstić information content (AvgIpc) is 2.98. The van der Waals surface area contributed by atoms with Gasteiger partial charge in [0, 0.05) is 0 Å². The number of amides is 1. The standard InChI is InChI=1S/C15H14N2O4S/c16-8-12-3-5-13(6-4-12)10-22(19,20)11-15(18)17-9-14-2-1-7-21-14/h1-7H,9-11H2,(H,17,18). The Bertz CT molecular complexity index is 772. The van der Waals surface area contributed by atoms with Gasteiger partial charge in [0.1, 0.15) is 11.5 Å². The minimum atomic E-state index is -3.57. The summed E-state index contributed by atoms with van der Waals surface area (Å²) in [6.07, 6.45) is 1.48. The van der Waals surface area contributed by atoms with E-state index in [2.05, 4.69) is 5.32 Å². The molecule has 1 aromatic carbocycles. The highest BCUT2D eigenvalue weighted by Crippen LogP contribution is 2.08. The second-order valence-corrected chi connectivity index (χ2v) is 6.76. The molecule has 0 aliphatic carbocycles. The molecule has 1 heterocycles. The van der Waals surface area contributed by atoms with Crippen molar-refractivity contribution in [1.82, 2.24) is 5.32 Å². The van der Waals surface area contributed by atoms with E-state index in [1.54, 1.807) is 36.4 Å². The molecule has 1 N–H and O–H groups in total. The van der Waals surface area contributed by atoms with Crippen molar-refractivity contribution in [1.29, 1.82) is 5.26 Å². The summed E-state index contributed by atoms with van der Waals surface area (Å²) in [4.78, 5) is 11.7. The lowest BCUT2D eigenvalue weighted by Gasteiger charge is -2.05. The van der Waals surface area contributed by atoms with E-state index in [9.17, 15) is 13.2 Å². The topological polar surface area (TPSA) is 100 Å². The first kappa shape index (κ1) is 15.8. The predicted molar refractivity (Wildman–Crippen MR) is 79.2 cm³/mol. The maximum absolute atomic E-state index is 12.0. The summed E-state index contributed by atoms with van der Waals surface area (Å²) in [6.45, 7) is 0.151. The van der Waals surface area contributed by atoms with E-state index >= 15 is 0 Å². The summed E-state index contributed by atoms with van der Waals surface area (Å²) >= 11 is 0. The van der Waals surface area contributed by atoms with Gasteiger partial charge in [-0.3, -0.25) is 4.79 Å². The molecule has 1 aromatic heterocycles. The van der Waals surface area contributed by atoms with E-state index in [0.717, 1.165) is 0 Å². The van der Waals surface area contributed by atoms with Crippen LogP contribution in [0, 0.1) is 11.3 Å². The quantitative estimate of drug-likeness (QED) is 0.867. The van der Waals surface area contributed by atoms with Crippen molar-refractivity contribution in [2.45, 2.75) is 12.3 Å². The van der Waals surface area contributed by atoms with Gasteiger partial charge in [0.2, 0.25) is 5.91 Å². The van der Waals surface area contributed by atoms with Gasteiger partial charge >= 0.3 is 0 Å². The van der Waals surface area contributed by atoms with Crippen LogP contribution >= 0.6 is 0 Å². The van der Waals surface area contributed by atoms with Crippen LogP contribution in [-0.4, -0.2) is 20.1 Å². The van der Waals surface area contributed by atoms with Crippen molar-refractivity contribution in [3.05, 3.63) is 59.5 Å². The first-order valence-electron chi connectivity index (χ1n) is 6.47. The van der Waals surface area contributed by atoms with E-state index in [1.807, 2.05) is 6.07 Å². The van der Waals surface area contributed by atoms with Gasteiger partial charge in [-0.2, -0.15) is 5.26 Å². The minimum Gasteiger partial charge on any atom is -0.467 e. The number of nitrogens with one attached hydrogen (secondary N) is 1. The molecule has 0 unspecified atom stereocenters. The number of carbonyl (C=O) groups excluding carboxylic acids is 1. The lowest BCUT2D eigenvalue weighted by molar-refractivity contribution is -0.118. The van der Waals surface area contributed by atoms with Crippen LogP contribution < -0.4 is 5.32 Å². The molecule has 0 atom stereocenters. The molecule has 0 saturated carbocycles. The number of nitriles is 1. The van der Waals surface area contributed by atoms with Crippen LogP contribution in [0.1, 0.15) is 16.9 Å². The fourth-order valence-electron chi connectivity index (χ4n) is 1.83. The number of benzene rings is 1. The molecule has 2 rings (SSSR count). The molecule has 0 saturated heterocycles. The molecule has 0 spiro atoms. The van der Waals surface area contributed by atoms with Crippen molar-refractivity contribution in [2.75, 3.05) is 5.75 Å². The number of furan rings is 1. The van der Waals surface area contributed by atoms with Crippen LogP contribution in [0.4, 0.5) is 0 Å². The molecule has 6 nitrogen and oxygen atoms in total. The Balaban J connectivity index is 1.89. The van der Waals surface area contributed by atoms with Crippen molar-refractivity contribution < 1.29 is 17.6 Å². The Labute approximate surface area is 128 Å². The van der Waals surface area contributed by atoms with Crippen molar-refractivity contribution in [3.8, 4) is 6.07 Å². The summed E-state index contributed by atoms with van der Waals surface area (Å²) in [5, 5.41) is 11.2. The maximum atomic E-state index is 12.0. The molecule has 114 valence electrons. The van der Waals surface area contributed by atoms with Gasteiger partial charge < -0.3 is 9.73 Å². The van der Waals surface area contributed by atoms with Gasteiger partial charge in [0.05, 0.1) is 30.2 Å². The third-order valence-corrected chi connectivity index (χ3v) is 4.34. The van der Waals surface area contributed by atoms with Crippen LogP contribution in [0.5, 0.6) is 0 Å². The Morgan fingerprint density at radius 2 is 1.95 bits per heavy atom. The monoisotopic (exact) mass is 318 g/mol. The molecule has 1 amide bonds. The van der Waals surface area contributed by atoms with Gasteiger partial charge in [-0.1, -0.05) is 12.1 Å². The molecule has 0 bridgehead atoms. The van der Waals surface area contributed by atoms with Crippen LogP contribution in [0.3, 0.4) is 0 Å². The van der Waals surface area contributed by atoms with Gasteiger partial charge in [0.25, 0.3) is 0 Å². The maximum Gasteiger partial charge on any atom is 0.235 e. The highest BCUT2D eigenvalue weighted by Gasteiger charge is 2.17. The smallest absolute Gasteiger partial charge is 0.235 e. The number of rotatable bonds is 6. The first-order chi connectivity index (χ1) is 10.5. The summed E-state index contributed by atoms with van der Waals surface area (Å²) in [5.74, 6) is -0.858. The third kappa shape index (κ3) is 4.75. The Hall–Kier alpha value is -2.59. The molecule has 0 aliphatic rings. The van der Waals surface area contributed by atoms with E-state index in [0.29, 0.717) is 16.9 Å². The van der Waals surface area contributed by atoms with E-state index < -0.39 is 21.5 Å². The second kappa shape index (κ2) is 6.91. The van der Waals surface area contributed by atoms with Gasteiger partial charge in [-0.25, -0.2) is 8.42 Å². The van der Waals surface area contributed by atoms with Gasteiger partial charge in [-0.05, 0) is 29.8 Å². The van der Waals surface area contributed by atoms with E-state index in [-0.39, 0.29) is 12.3 Å². The Kier molecular flexibility index (Phi) is 4.96. The fourth-order valence-corrected chi connectivity index (χ4v) is 3.13. The lowest BCUT2D eigenvalue weighted by Crippen LogP contribution is -2.30. The zero-order chi connectivity index (χ0) is 16.0. The minimum absolute atomic E-state index is 0.151. The Morgan fingerprint density at radius 1 is 1.23 bits per heavy atom. The zero-order valence-electron chi connectivity index (χ0n) is 11.7. The summed E-state index contributed by atoms with van der Waals surface area (Å²) in [5.41, 5.74) is 0.996. The highest BCUT2D eigenvalue weighted by molar-refractivity contribution is 7.91. The largest absolute Gasteiger partial charge is 0.467 e. The SMILES string of the molecule is N#Cc1ccc(CS(=O)(=O)CC(=O)NCc2ccco2)cc1. The van der Waals surface area contributed by atoms with E-state index in [4.69, 9.17) is 9.68 Å². The molecular weight excluding hydrogens is 304 g/mol. The molecule has 22 heavy (non-hydrogen) atoms. The van der Waals surface area contributed by atoms with Gasteiger partial charge in [-0.15, -0.1) is 0 Å². The lowest BCUT2D eigenvalue weighted by atomic mass is 10.2. The average molecular weight is 318 g/mol. The van der Waals surface area contributed by atoms with E-state index in [1.165, 1.54) is 6.26 Å². The molecule has 0 radical (unpaired) electrons. The van der Waals surface area contributed by atoms with Crippen molar-refractivity contribution >= 4 is 15.7 Å². The second-order valence-electron chi connectivity index (χ2n) is 4.70. The zero-order valence-corrected chi connectivity index (χ0v) is 12.5. The molecule has 7 heteroatoms. The third-order valence-electron chi connectivity index (χ3n) is 2.86. The molecule has 0 aliphatic heterocycles.